The zero-order chi connectivity index (χ0) is 14.0. The van der Waals surface area contributed by atoms with Gasteiger partial charge in [-0.2, -0.15) is 4.98 Å². The highest BCUT2D eigenvalue weighted by Crippen LogP contribution is 2.20. The Bertz CT molecular complexity index is 539. The fourth-order valence-electron chi connectivity index (χ4n) is 2.02. The van der Waals surface area contributed by atoms with Crippen molar-refractivity contribution in [3.05, 3.63) is 18.0 Å². The molecule has 0 aromatic carbocycles. The second kappa shape index (κ2) is 5.13. The zero-order valence-electron chi connectivity index (χ0n) is 12.1. The average molecular weight is 264 g/mol. The van der Waals surface area contributed by atoms with Crippen LogP contribution >= 0.6 is 0 Å². The van der Waals surface area contributed by atoms with Gasteiger partial charge in [0.2, 0.25) is 11.7 Å². The molecule has 0 N–H and O–H groups in total. The number of oxazole rings is 1. The van der Waals surface area contributed by atoms with Gasteiger partial charge in [0.15, 0.2) is 12.2 Å². The summed E-state index contributed by atoms with van der Waals surface area (Å²) in [5, 5.41) is 3.92. The molecule has 2 aromatic rings. The Labute approximate surface area is 112 Å². The highest BCUT2D eigenvalue weighted by molar-refractivity contribution is 5.48. The van der Waals surface area contributed by atoms with E-state index in [0.29, 0.717) is 24.0 Å². The van der Waals surface area contributed by atoms with E-state index in [1.54, 1.807) is 0 Å². The molecule has 0 unspecified atom stereocenters. The zero-order valence-corrected chi connectivity index (χ0v) is 12.1. The maximum Gasteiger partial charge on any atom is 0.241 e. The number of nitrogens with zero attached hydrogens (tertiary/aromatic N) is 4. The fraction of sp³-hybridized carbons (Fsp3) is 0.615. The third-order valence-corrected chi connectivity index (χ3v) is 2.57. The second-order valence-corrected chi connectivity index (χ2v) is 6.01. The average Bonchev–Trinajstić information content (AvgIpc) is 2.83. The maximum absolute atomic E-state index is 5.24. The van der Waals surface area contributed by atoms with E-state index < -0.39 is 0 Å². The van der Waals surface area contributed by atoms with E-state index >= 15 is 0 Å². The third kappa shape index (κ3) is 3.64. The van der Waals surface area contributed by atoms with Crippen LogP contribution in [0.3, 0.4) is 0 Å². The second-order valence-electron chi connectivity index (χ2n) is 6.01. The van der Waals surface area contributed by atoms with Crippen LogP contribution < -0.4 is 0 Å². The lowest BCUT2D eigenvalue weighted by Gasteiger charge is -2.25. The first kappa shape index (κ1) is 13.7. The van der Waals surface area contributed by atoms with Gasteiger partial charge < -0.3 is 8.94 Å². The molecule has 19 heavy (non-hydrogen) atoms. The lowest BCUT2D eigenvalue weighted by molar-refractivity contribution is 0.198. The standard InChI is InChI=1S/C13H20N4O2/c1-9-11(18-8-14-9)12-15-10(19-16-12)6-17(5)7-13(2,3)4/h8H,6-7H2,1-5H3. The summed E-state index contributed by atoms with van der Waals surface area (Å²) in [6.45, 7) is 10.0. The molecule has 2 rings (SSSR count). The van der Waals surface area contributed by atoms with Crippen LogP contribution in [0.1, 0.15) is 32.4 Å². The molecular weight excluding hydrogens is 244 g/mol. The molecule has 0 fully saturated rings. The van der Waals surface area contributed by atoms with Crippen molar-refractivity contribution in [2.45, 2.75) is 34.2 Å². The molecular formula is C13H20N4O2. The van der Waals surface area contributed by atoms with Crippen molar-refractivity contribution in [3.8, 4) is 11.6 Å². The first-order valence-electron chi connectivity index (χ1n) is 6.27. The van der Waals surface area contributed by atoms with E-state index in [1.807, 2.05) is 14.0 Å². The van der Waals surface area contributed by atoms with Crippen LogP contribution in [0.25, 0.3) is 11.6 Å². The van der Waals surface area contributed by atoms with Crippen molar-refractivity contribution in [1.29, 1.82) is 0 Å². The van der Waals surface area contributed by atoms with Crippen LogP contribution in [0.2, 0.25) is 0 Å². The Hall–Kier alpha value is -1.69. The molecule has 2 heterocycles. The fourth-order valence-corrected chi connectivity index (χ4v) is 2.02. The highest BCUT2D eigenvalue weighted by Gasteiger charge is 2.18. The van der Waals surface area contributed by atoms with Gasteiger partial charge in [-0.15, -0.1) is 0 Å². The molecule has 2 aromatic heterocycles. The van der Waals surface area contributed by atoms with E-state index in [9.17, 15) is 0 Å². The summed E-state index contributed by atoms with van der Waals surface area (Å²) in [6, 6.07) is 0. The van der Waals surface area contributed by atoms with Gasteiger partial charge in [-0.05, 0) is 19.4 Å². The van der Waals surface area contributed by atoms with Gasteiger partial charge in [-0.3, -0.25) is 4.90 Å². The molecule has 0 saturated carbocycles. The minimum atomic E-state index is 0.235. The normalized spacial score (nSPS) is 12.3. The molecule has 0 atom stereocenters. The maximum atomic E-state index is 5.24. The van der Waals surface area contributed by atoms with E-state index in [4.69, 9.17) is 8.94 Å². The summed E-state index contributed by atoms with van der Waals surface area (Å²) in [7, 11) is 2.04. The van der Waals surface area contributed by atoms with Gasteiger partial charge in [0.05, 0.1) is 12.2 Å². The minimum absolute atomic E-state index is 0.235. The van der Waals surface area contributed by atoms with Gasteiger partial charge in [-0.25, -0.2) is 4.98 Å². The van der Waals surface area contributed by atoms with E-state index in [2.05, 4.69) is 40.8 Å². The predicted molar refractivity (Wildman–Crippen MR) is 70.3 cm³/mol. The van der Waals surface area contributed by atoms with Crippen LogP contribution in [-0.2, 0) is 6.54 Å². The molecule has 0 aliphatic rings. The largest absolute Gasteiger partial charge is 0.440 e. The Morgan fingerprint density at radius 1 is 1.32 bits per heavy atom. The molecule has 0 aliphatic heterocycles. The van der Waals surface area contributed by atoms with Gasteiger partial charge in [0.25, 0.3) is 0 Å². The van der Waals surface area contributed by atoms with Crippen molar-refractivity contribution >= 4 is 0 Å². The van der Waals surface area contributed by atoms with Crippen LogP contribution in [0.5, 0.6) is 0 Å². The molecule has 0 bridgehead atoms. The van der Waals surface area contributed by atoms with Gasteiger partial charge in [0.1, 0.15) is 0 Å². The van der Waals surface area contributed by atoms with Gasteiger partial charge in [0, 0.05) is 6.54 Å². The lowest BCUT2D eigenvalue weighted by Crippen LogP contribution is -2.28. The van der Waals surface area contributed by atoms with Crippen molar-refractivity contribution in [3.63, 3.8) is 0 Å². The number of aryl methyl sites for hydroxylation is 1. The molecule has 0 radical (unpaired) electrons. The topological polar surface area (TPSA) is 68.2 Å². The summed E-state index contributed by atoms with van der Waals surface area (Å²) < 4.78 is 10.5. The highest BCUT2D eigenvalue weighted by atomic mass is 16.5. The lowest BCUT2D eigenvalue weighted by atomic mass is 9.96. The van der Waals surface area contributed by atoms with E-state index in [-0.39, 0.29) is 5.41 Å². The van der Waals surface area contributed by atoms with Crippen LogP contribution in [0.4, 0.5) is 0 Å². The van der Waals surface area contributed by atoms with Crippen LogP contribution in [0, 0.1) is 12.3 Å². The summed E-state index contributed by atoms with van der Waals surface area (Å²) in [6.07, 6.45) is 1.38. The van der Waals surface area contributed by atoms with Crippen LogP contribution in [-0.4, -0.2) is 33.6 Å². The predicted octanol–water partition coefficient (Wildman–Crippen LogP) is 2.51. The molecule has 104 valence electrons. The first-order chi connectivity index (χ1) is 8.85. The van der Waals surface area contributed by atoms with Crippen LogP contribution in [0.15, 0.2) is 15.3 Å². The Morgan fingerprint density at radius 2 is 2.05 bits per heavy atom. The Morgan fingerprint density at radius 3 is 2.63 bits per heavy atom. The monoisotopic (exact) mass is 264 g/mol. The van der Waals surface area contributed by atoms with Crippen molar-refractivity contribution < 1.29 is 8.94 Å². The summed E-state index contributed by atoms with van der Waals surface area (Å²) in [4.78, 5) is 10.5. The number of aromatic nitrogens is 3. The Kier molecular flexibility index (Phi) is 3.71. The number of hydrogen-bond acceptors (Lipinski definition) is 6. The molecule has 0 aliphatic carbocycles. The summed E-state index contributed by atoms with van der Waals surface area (Å²) in [5.74, 6) is 1.60. The summed E-state index contributed by atoms with van der Waals surface area (Å²) >= 11 is 0. The SMILES string of the molecule is Cc1ncoc1-c1noc(CN(C)CC(C)(C)C)n1. The number of rotatable bonds is 4. The first-order valence-corrected chi connectivity index (χ1v) is 6.27. The van der Waals surface area contributed by atoms with Crippen molar-refractivity contribution in [2.75, 3.05) is 13.6 Å². The molecule has 0 amide bonds. The van der Waals surface area contributed by atoms with Crippen molar-refractivity contribution in [1.82, 2.24) is 20.0 Å². The quantitative estimate of drug-likeness (QED) is 0.845. The Balaban J connectivity index is 2.04. The molecule has 6 nitrogen and oxygen atoms in total. The van der Waals surface area contributed by atoms with E-state index in [0.717, 1.165) is 12.2 Å². The van der Waals surface area contributed by atoms with E-state index in [1.165, 1.54) is 6.39 Å². The minimum Gasteiger partial charge on any atom is -0.440 e. The summed E-state index contributed by atoms with van der Waals surface area (Å²) in [5.41, 5.74) is 0.995. The van der Waals surface area contributed by atoms with Gasteiger partial charge >= 0.3 is 0 Å². The third-order valence-electron chi connectivity index (χ3n) is 2.57. The number of hydrogen-bond donors (Lipinski definition) is 0. The molecule has 6 heteroatoms. The van der Waals surface area contributed by atoms with Gasteiger partial charge in [-0.1, -0.05) is 25.9 Å². The smallest absolute Gasteiger partial charge is 0.241 e. The molecule has 0 saturated heterocycles. The van der Waals surface area contributed by atoms with Crippen molar-refractivity contribution in [2.24, 2.45) is 5.41 Å². The molecule has 0 spiro atoms.